The van der Waals surface area contributed by atoms with Crippen molar-refractivity contribution in [1.29, 1.82) is 0 Å². The molecule has 0 aliphatic carbocycles. The van der Waals surface area contributed by atoms with Gasteiger partial charge in [-0.05, 0) is 25.8 Å². The average Bonchev–Trinajstić information content (AvgIpc) is 2.80. The second-order valence-electron chi connectivity index (χ2n) is 6.30. The van der Waals surface area contributed by atoms with Crippen molar-refractivity contribution in [3.8, 4) is 0 Å². The molecule has 1 saturated heterocycles. The summed E-state index contributed by atoms with van der Waals surface area (Å²) in [4.78, 5) is 30.8. The number of imide groups is 1. The van der Waals surface area contributed by atoms with Crippen LogP contribution < -0.4 is 5.48 Å². The van der Waals surface area contributed by atoms with Crippen LogP contribution in [0.1, 0.15) is 39.2 Å². The lowest BCUT2D eigenvalue weighted by molar-refractivity contribution is -0.132. The third-order valence-electron chi connectivity index (χ3n) is 3.83. The molecular weight excluding hydrogens is 296 g/mol. The van der Waals surface area contributed by atoms with Crippen molar-refractivity contribution < 1.29 is 19.2 Å². The molecule has 1 fully saturated rings. The molecule has 6 nitrogen and oxygen atoms in total. The molecule has 1 heterocycles. The third kappa shape index (κ3) is 4.53. The maximum Gasteiger partial charge on any atom is 0.417 e. The van der Waals surface area contributed by atoms with Crippen LogP contribution in [0, 0.1) is 0 Å². The number of nitrogens with zero attached hydrogens (tertiary/aromatic N) is 1. The van der Waals surface area contributed by atoms with Gasteiger partial charge in [-0.15, -0.1) is 0 Å². The third-order valence-corrected chi connectivity index (χ3v) is 3.83. The van der Waals surface area contributed by atoms with Crippen LogP contribution in [0.25, 0.3) is 0 Å². The molecule has 1 aromatic rings. The van der Waals surface area contributed by atoms with E-state index in [1.54, 1.807) is 0 Å². The zero-order chi connectivity index (χ0) is 16.9. The number of nitrogens with one attached hydrogen (secondary N) is 1. The van der Waals surface area contributed by atoms with E-state index in [9.17, 15) is 9.59 Å². The van der Waals surface area contributed by atoms with Crippen molar-refractivity contribution in [2.45, 2.75) is 51.8 Å². The number of amides is 2. The number of hydrogen-bond donors (Lipinski definition) is 1. The predicted molar refractivity (Wildman–Crippen MR) is 85.3 cm³/mol. The molecule has 1 aliphatic heterocycles. The first-order valence-electron chi connectivity index (χ1n) is 7.85. The topological polar surface area (TPSA) is 67.9 Å². The average molecular weight is 320 g/mol. The van der Waals surface area contributed by atoms with Crippen molar-refractivity contribution in [3.05, 3.63) is 35.9 Å². The maximum atomic E-state index is 12.4. The normalized spacial score (nSPS) is 17.9. The summed E-state index contributed by atoms with van der Waals surface area (Å²) in [5.74, 6) is -0.250. The number of cyclic esters (lactones) is 1. The minimum absolute atomic E-state index is 0.157. The Morgan fingerprint density at radius 2 is 2.09 bits per heavy atom. The fourth-order valence-electron chi connectivity index (χ4n) is 2.44. The Kier molecular flexibility index (Phi) is 5.74. The van der Waals surface area contributed by atoms with Gasteiger partial charge in [0, 0.05) is 12.5 Å². The van der Waals surface area contributed by atoms with Gasteiger partial charge in [-0.1, -0.05) is 37.3 Å². The first-order chi connectivity index (χ1) is 10.9. The molecule has 1 atom stereocenters. The molecule has 0 aromatic heterocycles. The van der Waals surface area contributed by atoms with Gasteiger partial charge in [-0.25, -0.2) is 9.69 Å². The Morgan fingerprint density at radius 1 is 1.39 bits per heavy atom. The summed E-state index contributed by atoms with van der Waals surface area (Å²) in [6.07, 6.45) is 0.327. The summed E-state index contributed by atoms with van der Waals surface area (Å²) in [6.45, 7) is 6.24. The molecule has 2 amide bonds. The largest absolute Gasteiger partial charge is 0.447 e. The zero-order valence-electron chi connectivity index (χ0n) is 13.9. The molecule has 1 aliphatic rings. The number of carbonyl (C=O) groups is 2. The Labute approximate surface area is 136 Å². The smallest absolute Gasteiger partial charge is 0.417 e. The van der Waals surface area contributed by atoms with Gasteiger partial charge in [0.25, 0.3) is 0 Å². The van der Waals surface area contributed by atoms with Gasteiger partial charge in [-0.2, -0.15) is 5.48 Å². The molecule has 0 radical (unpaired) electrons. The fraction of sp³-hybridized carbons (Fsp3) is 0.529. The summed E-state index contributed by atoms with van der Waals surface area (Å²) in [5.41, 5.74) is 3.36. The van der Waals surface area contributed by atoms with Crippen LogP contribution in [-0.4, -0.2) is 35.1 Å². The monoisotopic (exact) mass is 320 g/mol. The highest BCUT2D eigenvalue weighted by Crippen LogP contribution is 2.24. The van der Waals surface area contributed by atoms with Crippen LogP contribution in [0.4, 0.5) is 4.79 Å². The number of hydrogen-bond acceptors (Lipinski definition) is 5. The minimum Gasteiger partial charge on any atom is -0.447 e. The second-order valence-corrected chi connectivity index (χ2v) is 6.30. The van der Waals surface area contributed by atoms with Crippen molar-refractivity contribution >= 4 is 12.0 Å². The fourth-order valence-corrected chi connectivity index (χ4v) is 2.44. The van der Waals surface area contributed by atoms with Crippen LogP contribution in [0.3, 0.4) is 0 Å². The molecule has 2 rings (SSSR count). The van der Waals surface area contributed by atoms with E-state index >= 15 is 0 Å². The van der Waals surface area contributed by atoms with E-state index in [4.69, 9.17) is 9.57 Å². The molecule has 6 heteroatoms. The minimum atomic E-state index is -0.600. The number of hydroxylamine groups is 1. The molecule has 23 heavy (non-hydrogen) atoms. The molecule has 0 saturated carbocycles. The highest BCUT2D eigenvalue weighted by molar-refractivity contribution is 5.94. The van der Waals surface area contributed by atoms with Crippen LogP contribution in [-0.2, 0) is 21.0 Å². The number of benzene rings is 1. The number of carbonyl (C=O) groups excluding carboxylic acids is 2. The predicted octanol–water partition coefficient (Wildman–Crippen LogP) is 2.63. The summed E-state index contributed by atoms with van der Waals surface area (Å²) >= 11 is 0. The quantitative estimate of drug-likeness (QED) is 0.782. The van der Waals surface area contributed by atoms with Gasteiger partial charge >= 0.3 is 6.09 Å². The maximum absolute atomic E-state index is 12.4. The van der Waals surface area contributed by atoms with Crippen molar-refractivity contribution in [2.75, 3.05) is 6.61 Å². The lowest BCUT2D eigenvalue weighted by Gasteiger charge is -2.27. The molecule has 0 spiro atoms. The van der Waals surface area contributed by atoms with E-state index in [2.05, 4.69) is 5.48 Å². The van der Waals surface area contributed by atoms with Gasteiger partial charge in [0.15, 0.2) is 0 Å². The number of ether oxygens (including phenoxy) is 1. The van der Waals surface area contributed by atoms with E-state index in [0.717, 1.165) is 5.56 Å². The van der Waals surface area contributed by atoms with E-state index in [-0.39, 0.29) is 25.0 Å². The lowest BCUT2D eigenvalue weighted by atomic mass is 10.0. The van der Waals surface area contributed by atoms with Crippen molar-refractivity contribution in [3.63, 3.8) is 0 Å². The van der Waals surface area contributed by atoms with E-state index in [1.807, 2.05) is 51.1 Å². The first kappa shape index (κ1) is 17.4. The molecule has 0 bridgehead atoms. The van der Waals surface area contributed by atoms with Crippen LogP contribution in [0.5, 0.6) is 0 Å². The highest BCUT2D eigenvalue weighted by atomic mass is 16.6. The number of rotatable bonds is 7. The van der Waals surface area contributed by atoms with E-state index in [1.165, 1.54) is 4.90 Å². The Balaban J connectivity index is 1.84. The van der Waals surface area contributed by atoms with Gasteiger partial charge in [0.2, 0.25) is 5.91 Å². The summed E-state index contributed by atoms with van der Waals surface area (Å²) < 4.78 is 4.97. The van der Waals surface area contributed by atoms with Crippen LogP contribution in [0.2, 0.25) is 0 Å². The Bertz CT molecular complexity index is 545. The molecule has 126 valence electrons. The summed E-state index contributed by atoms with van der Waals surface area (Å²) in [7, 11) is 0. The van der Waals surface area contributed by atoms with Gasteiger partial charge in [0.1, 0.15) is 6.61 Å². The highest BCUT2D eigenvalue weighted by Gasteiger charge is 2.44. The van der Waals surface area contributed by atoms with Gasteiger partial charge in [0.05, 0.1) is 12.1 Å². The molecular formula is C17H24N2O4. The summed E-state index contributed by atoms with van der Waals surface area (Å²) in [6, 6.07) is 9.62. The SMILES string of the molecule is CCC(CC(=O)N1C(=O)OCC1(C)C)NOCc1ccccc1. The van der Waals surface area contributed by atoms with Crippen molar-refractivity contribution in [1.82, 2.24) is 10.4 Å². The van der Waals surface area contributed by atoms with Gasteiger partial charge < -0.3 is 4.74 Å². The molecule has 1 N–H and O–H groups in total. The Hall–Kier alpha value is -1.92. The Morgan fingerprint density at radius 3 is 2.65 bits per heavy atom. The first-order valence-corrected chi connectivity index (χ1v) is 7.85. The standard InChI is InChI=1S/C17H24N2O4/c1-4-14(18-23-11-13-8-6-5-7-9-13)10-15(20)19-16(21)22-12-17(19,2)3/h5-9,14,18H,4,10-12H2,1-3H3. The van der Waals surface area contributed by atoms with E-state index < -0.39 is 11.6 Å². The second kappa shape index (κ2) is 7.57. The van der Waals surface area contributed by atoms with Crippen LogP contribution >= 0.6 is 0 Å². The molecule has 1 aromatic carbocycles. The van der Waals surface area contributed by atoms with E-state index in [0.29, 0.717) is 13.0 Å². The zero-order valence-corrected chi connectivity index (χ0v) is 13.9. The molecule has 1 unspecified atom stereocenters. The summed E-state index contributed by atoms with van der Waals surface area (Å²) in [5, 5.41) is 0. The van der Waals surface area contributed by atoms with Crippen LogP contribution in [0.15, 0.2) is 30.3 Å². The van der Waals surface area contributed by atoms with Gasteiger partial charge in [-0.3, -0.25) is 9.63 Å². The lowest BCUT2D eigenvalue weighted by Crippen LogP contribution is -2.48. The van der Waals surface area contributed by atoms with Crippen molar-refractivity contribution in [2.24, 2.45) is 0 Å².